The first-order valence-electron chi connectivity index (χ1n) is 5.28. The molecule has 2 aromatic carbocycles. The van der Waals surface area contributed by atoms with Gasteiger partial charge in [0.05, 0.1) is 5.56 Å². The van der Waals surface area contributed by atoms with Gasteiger partial charge in [-0.2, -0.15) is 0 Å². The van der Waals surface area contributed by atoms with Crippen molar-refractivity contribution in [1.82, 2.24) is 0 Å². The number of halogens is 3. The molecule has 0 aliphatic carbocycles. The van der Waals surface area contributed by atoms with E-state index >= 15 is 0 Å². The van der Waals surface area contributed by atoms with Crippen molar-refractivity contribution in [1.29, 1.82) is 0 Å². The minimum Gasteiger partial charge on any atom is -0.399 e. The average Bonchev–Trinajstić information content (AvgIpc) is 2.30. The van der Waals surface area contributed by atoms with E-state index in [1.54, 1.807) is 12.1 Å². The van der Waals surface area contributed by atoms with Gasteiger partial charge in [0.2, 0.25) is 0 Å². The number of nitrogens with two attached hydrogens (primary N) is 1. The largest absolute Gasteiger partial charge is 0.399 e. The van der Waals surface area contributed by atoms with Crippen molar-refractivity contribution in [2.75, 3.05) is 11.1 Å². The molecule has 0 aromatic heterocycles. The average molecular weight is 327 g/mol. The highest BCUT2D eigenvalue weighted by atomic mass is 79.9. The minimum atomic E-state index is -0.762. The molecule has 6 heteroatoms. The van der Waals surface area contributed by atoms with Crippen molar-refractivity contribution in [3.63, 3.8) is 0 Å². The van der Waals surface area contributed by atoms with Gasteiger partial charge in [0.25, 0.3) is 5.91 Å². The van der Waals surface area contributed by atoms with Crippen LogP contribution >= 0.6 is 15.9 Å². The van der Waals surface area contributed by atoms with Gasteiger partial charge in [-0.25, -0.2) is 8.78 Å². The maximum absolute atomic E-state index is 13.0. The Morgan fingerprint density at radius 3 is 2.37 bits per heavy atom. The maximum Gasteiger partial charge on any atom is 0.256 e. The topological polar surface area (TPSA) is 55.1 Å². The molecule has 98 valence electrons. The predicted molar refractivity (Wildman–Crippen MR) is 72.9 cm³/mol. The first-order chi connectivity index (χ1) is 8.95. The summed E-state index contributed by atoms with van der Waals surface area (Å²) in [5, 5.41) is 2.40. The third kappa shape index (κ3) is 3.29. The molecule has 19 heavy (non-hydrogen) atoms. The number of nitrogens with one attached hydrogen (secondary N) is 1. The summed E-state index contributed by atoms with van der Waals surface area (Å²) >= 11 is 3.21. The highest BCUT2D eigenvalue weighted by Gasteiger charge is 2.11. The molecule has 0 atom stereocenters. The van der Waals surface area contributed by atoms with Crippen LogP contribution in [0.4, 0.5) is 20.2 Å². The normalized spacial score (nSPS) is 10.3. The lowest BCUT2D eigenvalue weighted by Crippen LogP contribution is -2.13. The first kappa shape index (κ1) is 13.5. The fourth-order valence-electron chi connectivity index (χ4n) is 1.54. The van der Waals surface area contributed by atoms with Crippen molar-refractivity contribution in [3.05, 3.63) is 58.1 Å². The van der Waals surface area contributed by atoms with E-state index in [9.17, 15) is 13.6 Å². The number of anilines is 2. The van der Waals surface area contributed by atoms with Crippen LogP contribution in [0.25, 0.3) is 0 Å². The van der Waals surface area contributed by atoms with Gasteiger partial charge in [-0.05, 0) is 46.3 Å². The molecule has 3 nitrogen and oxygen atoms in total. The summed E-state index contributed by atoms with van der Waals surface area (Å²) in [4.78, 5) is 12.0. The van der Waals surface area contributed by atoms with Crippen molar-refractivity contribution in [2.24, 2.45) is 0 Å². The molecule has 0 aliphatic rings. The van der Waals surface area contributed by atoms with Crippen LogP contribution in [0.3, 0.4) is 0 Å². The molecule has 3 N–H and O–H groups in total. The van der Waals surface area contributed by atoms with Crippen molar-refractivity contribution in [2.45, 2.75) is 0 Å². The third-order valence-electron chi connectivity index (χ3n) is 2.36. The molecule has 1 amide bonds. The lowest BCUT2D eigenvalue weighted by Gasteiger charge is -2.08. The minimum absolute atomic E-state index is 0.0387. The molecule has 0 unspecified atom stereocenters. The highest BCUT2D eigenvalue weighted by molar-refractivity contribution is 9.10. The second-order valence-corrected chi connectivity index (χ2v) is 4.71. The van der Waals surface area contributed by atoms with E-state index in [4.69, 9.17) is 5.73 Å². The van der Waals surface area contributed by atoms with Crippen LogP contribution in [-0.4, -0.2) is 5.91 Å². The number of carbonyl (C=O) groups excluding carboxylic acids is 1. The zero-order valence-corrected chi connectivity index (χ0v) is 11.2. The summed E-state index contributed by atoms with van der Waals surface area (Å²) in [6.07, 6.45) is 0. The van der Waals surface area contributed by atoms with Gasteiger partial charge in [0.15, 0.2) is 0 Å². The summed E-state index contributed by atoms with van der Waals surface area (Å²) in [7, 11) is 0. The quantitative estimate of drug-likeness (QED) is 0.829. The Kier molecular flexibility index (Phi) is 3.80. The van der Waals surface area contributed by atoms with Crippen molar-refractivity contribution >= 4 is 33.2 Å². The van der Waals surface area contributed by atoms with E-state index < -0.39 is 17.5 Å². The Bertz CT molecular complexity index is 626. The number of amides is 1. The van der Waals surface area contributed by atoms with Gasteiger partial charge in [0.1, 0.15) is 11.6 Å². The molecule has 0 fully saturated rings. The summed E-state index contributed by atoms with van der Waals surface area (Å²) in [6, 6.07) is 7.50. The summed E-state index contributed by atoms with van der Waals surface area (Å²) in [6.45, 7) is 0. The van der Waals surface area contributed by atoms with Crippen LogP contribution in [-0.2, 0) is 0 Å². The Balaban J connectivity index is 2.28. The van der Waals surface area contributed by atoms with E-state index in [0.29, 0.717) is 10.2 Å². The van der Waals surface area contributed by atoms with Gasteiger partial charge in [-0.1, -0.05) is 0 Å². The van der Waals surface area contributed by atoms with Crippen LogP contribution in [0.5, 0.6) is 0 Å². The SMILES string of the molecule is Nc1ccc(Br)c(C(=O)Nc2cc(F)cc(F)c2)c1. The monoisotopic (exact) mass is 326 g/mol. The van der Waals surface area contributed by atoms with Gasteiger partial charge in [-0.3, -0.25) is 4.79 Å². The lowest BCUT2D eigenvalue weighted by atomic mass is 10.2. The van der Waals surface area contributed by atoms with Crippen LogP contribution in [0.1, 0.15) is 10.4 Å². The number of benzene rings is 2. The smallest absolute Gasteiger partial charge is 0.256 e. The van der Waals surface area contributed by atoms with Gasteiger partial charge >= 0.3 is 0 Å². The standard InChI is InChI=1S/C13H9BrF2N2O/c14-12-2-1-9(17)6-11(12)13(19)18-10-4-7(15)3-8(16)5-10/h1-6H,17H2,(H,18,19). The molecule has 0 aliphatic heterocycles. The Hall–Kier alpha value is -1.95. The number of rotatable bonds is 2. The second kappa shape index (κ2) is 5.36. The Labute approximate surface area is 116 Å². The third-order valence-corrected chi connectivity index (χ3v) is 3.05. The van der Waals surface area contributed by atoms with Gasteiger partial charge in [-0.15, -0.1) is 0 Å². The first-order valence-corrected chi connectivity index (χ1v) is 6.07. The van der Waals surface area contributed by atoms with Crippen LogP contribution < -0.4 is 11.1 Å². The molecular weight excluding hydrogens is 318 g/mol. The molecule has 2 rings (SSSR count). The van der Waals surface area contributed by atoms with E-state index in [1.807, 2.05) is 0 Å². The van der Waals surface area contributed by atoms with Gasteiger partial charge in [0, 0.05) is 21.9 Å². The lowest BCUT2D eigenvalue weighted by molar-refractivity contribution is 0.102. The van der Waals surface area contributed by atoms with E-state index in [1.165, 1.54) is 6.07 Å². The predicted octanol–water partition coefficient (Wildman–Crippen LogP) is 3.56. The molecule has 0 radical (unpaired) electrons. The fourth-order valence-corrected chi connectivity index (χ4v) is 1.97. The zero-order valence-electron chi connectivity index (χ0n) is 9.58. The molecule has 0 heterocycles. The van der Waals surface area contributed by atoms with Crippen molar-refractivity contribution in [3.8, 4) is 0 Å². The zero-order chi connectivity index (χ0) is 14.0. The number of hydrogen-bond donors (Lipinski definition) is 2. The van der Waals surface area contributed by atoms with Crippen LogP contribution in [0.2, 0.25) is 0 Å². The molecule has 2 aromatic rings. The highest BCUT2D eigenvalue weighted by Crippen LogP contribution is 2.21. The fraction of sp³-hybridized carbons (Fsp3) is 0. The molecule has 0 saturated carbocycles. The van der Waals surface area contributed by atoms with E-state index in [-0.39, 0.29) is 11.3 Å². The summed E-state index contributed by atoms with van der Waals surface area (Å²) < 4.78 is 26.5. The maximum atomic E-state index is 13.0. The molecule has 0 spiro atoms. The molecule has 0 bridgehead atoms. The summed E-state index contributed by atoms with van der Waals surface area (Å²) in [5.41, 5.74) is 6.32. The van der Waals surface area contributed by atoms with E-state index in [2.05, 4.69) is 21.2 Å². The summed E-state index contributed by atoms with van der Waals surface area (Å²) in [5.74, 6) is -2.03. The van der Waals surface area contributed by atoms with Crippen LogP contribution in [0, 0.1) is 11.6 Å². The number of hydrogen-bond acceptors (Lipinski definition) is 2. The van der Waals surface area contributed by atoms with E-state index in [0.717, 1.165) is 18.2 Å². The van der Waals surface area contributed by atoms with Gasteiger partial charge < -0.3 is 11.1 Å². The second-order valence-electron chi connectivity index (χ2n) is 3.85. The van der Waals surface area contributed by atoms with Crippen molar-refractivity contribution < 1.29 is 13.6 Å². The Morgan fingerprint density at radius 2 is 1.74 bits per heavy atom. The number of nitrogen functional groups attached to an aromatic ring is 1. The van der Waals surface area contributed by atoms with Crippen LogP contribution in [0.15, 0.2) is 40.9 Å². The number of carbonyl (C=O) groups is 1. The molecule has 0 saturated heterocycles. The Morgan fingerprint density at radius 1 is 1.11 bits per heavy atom. The molecular formula is C13H9BrF2N2O.